The average molecular weight is 254 g/mol. The van der Waals surface area contributed by atoms with Crippen molar-refractivity contribution in [2.45, 2.75) is 6.54 Å². The molecular weight excluding hydrogens is 240 g/mol. The Morgan fingerprint density at radius 3 is 2.68 bits per heavy atom. The Morgan fingerprint density at radius 1 is 1.21 bits per heavy atom. The van der Waals surface area contributed by atoms with Crippen LogP contribution in [0.1, 0.15) is 5.56 Å². The first kappa shape index (κ1) is 11.5. The van der Waals surface area contributed by atoms with Crippen LogP contribution in [0.3, 0.4) is 0 Å². The monoisotopic (exact) mass is 254 g/mol. The summed E-state index contributed by atoms with van der Waals surface area (Å²) in [5.74, 6) is 0.227. The molecule has 0 bridgehead atoms. The molecule has 2 aromatic heterocycles. The van der Waals surface area contributed by atoms with E-state index in [0.29, 0.717) is 17.6 Å². The van der Waals surface area contributed by atoms with Gasteiger partial charge >= 0.3 is 0 Å². The van der Waals surface area contributed by atoms with E-state index in [1.807, 2.05) is 41.1 Å². The first-order valence-electron chi connectivity index (χ1n) is 6.02. The fraction of sp³-hybridized carbons (Fsp3) is 0.143. The number of fused-ring (bicyclic) bond motifs is 1. The molecule has 96 valence electrons. The van der Waals surface area contributed by atoms with Gasteiger partial charge in [0.15, 0.2) is 0 Å². The topological polar surface area (TPSA) is 65.8 Å². The molecule has 0 saturated carbocycles. The maximum atomic E-state index is 12.0. The Bertz CT molecular complexity index is 786. The zero-order chi connectivity index (χ0) is 13.4. The Morgan fingerprint density at radius 2 is 1.95 bits per heavy atom. The number of nitrogens with two attached hydrogens (primary N) is 1. The minimum atomic E-state index is -0.116. The number of nitrogens with zero attached hydrogens (tertiary/aromatic N) is 3. The van der Waals surface area contributed by atoms with Crippen LogP contribution >= 0.6 is 0 Å². The molecule has 0 unspecified atom stereocenters. The Kier molecular flexibility index (Phi) is 2.59. The van der Waals surface area contributed by atoms with Gasteiger partial charge in [0.2, 0.25) is 5.95 Å². The van der Waals surface area contributed by atoms with E-state index in [2.05, 4.69) is 4.98 Å². The minimum absolute atomic E-state index is 0.116. The molecule has 0 aliphatic heterocycles. The normalized spacial score (nSPS) is 11.0. The van der Waals surface area contributed by atoms with E-state index in [9.17, 15) is 4.79 Å². The number of hydrogen-bond acceptors (Lipinski definition) is 3. The van der Waals surface area contributed by atoms with Gasteiger partial charge in [-0.15, -0.1) is 0 Å². The van der Waals surface area contributed by atoms with Crippen LogP contribution < -0.4 is 11.3 Å². The van der Waals surface area contributed by atoms with Crippen molar-refractivity contribution in [3.63, 3.8) is 0 Å². The van der Waals surface area contributed by atoms with Crippen LogP contribution in [0.15, 0.2) is 47.4 Å². The predicted octanol–water partition coefficient (Wildman–Crippen LogP) is 1.37. The van der Waals surface area contributed by atoms with E-state index in [4.69, 9.17) is 5.73 Å². The molecule has 0 saturated heterocycles. The van der Waals surface area contributed by atoms with Gasteiger partial charge in [-0.1, -0.05) is 30.3 Å². The third kappa shape index (κ3) is 1.89. The van der Waals surface area contributed by atoms with Crippen LogP contribution in [0.25, 0.3) is 11.0 Å². The Hall–Kier alpha value is -2.56. The number of rotatable bonds is 2. The van der Waals surface area contributed by atoms with Crippen LogP contribution in [0.5, 0.6) is 0 Å². The Labute approximate surface area is 109 Å². The fourth-order valence-electron chi connectivity index (χ4n) is 2.13. The molecule has 0 amide bonds. The van der Waals surface area contributed by atoms with E-state index in [0.717, 1.165) is 5.56 Å². The van der Waals surface area contributed by atoms with Crippen LogP contribution in [0, 0.1) is 0 Å². The molecule has 0 radical (unpaired) electrons. The second-order valence-electron chi connectivity index (χ2n) is 4.50. The van der Waals surface area contributed by atoms with Gasteiger partial charge in [0.05, 0.1) is 5.39 Å². The van der Waals surface area contributed by atoms with Crippen molar-refractivity contribution in [1.82, 2.24) is 14.1 Å². The van der Waals surface area contributed by atoms with Crippen molar-refractivity contribution in [1.29, 1.82) is 0 Å². The summed E-state index contributed by atoms with van der Waals surface area (Å²) in [7, 11) is 1.62. The number of benzene rings is 1. The van der Waals surface area contributed by atoms with Gasteiger partial charge in [-0.3, -0.25) is 9.36 Å². The number of anilines is 1. The third-order valence-corrected chi connectivity index (χ3v) is 3.23. The zero-order valence-corrected chi connectivity index (χ0v) is 10.6. The zero-order valence-electron chi connectivity index (χ0n) is 10.6. The molecule has 5 nitrogen and oxygen atoms in total. The second kappa shape index (κ2) is 4.28. The van der Waals surface area contributed by atoms with Gasteiger partial charge in [0.25, 0.3) is 5.56 Å². The molecule has 2 heterocycles. The fourth-order valence-corrected chi connectivity index (χ4v) is 2.13. The lowest BCUT2D eigenvalue weighted by Gasteiger charge is -2.07. The summed E-state index contributed by atoms with van der Waals surface area (Å²) in [6, 6.07) is 11.8. The molecule has 3 aromatic rings. The van der Waals surface area contributed by atoms with Crippen LogP contribution in [0.4, 0.5) is 5.95 Å². The van der Waals surface area contributed by atoms with Crippen LogP contribution in [-0.4, -0.2) is 14.1 Å². The van der Waals surface area contributed by atoms with E-state index in [-0.39, 0.29) is 11.5 Å². The first-order chi connectivity index (χ1) is 9.16. The van der Waals surface area contributed by atoms with Gasteiger partial charge < -0.3 is 10.3 Å². The SMILES string of the molecule is Cn1c(N)nc2c(ccn2Cc2ccccc2)c1=O. The summed E-state index contributed by atoms with van der Waals surface area (Å²) in [5.41, 5.74) is 7.41. The molecule has 2 N–H and O–H groups in total. The molecule has 1 aromatic carbocycles. The smallest absolute Gasteiger partial charge is 0.264 e. The summed E-state index contributed by atoms with van der Waals surface area (Å²) in [6.07, 6.45) is 1.87. The quantitative estimate of drug-likeness (QED) is 0.751. The van der Waals surface area contributed by atoms with Crippen molar-refractivity contribution >= 4 is 17.0 Å². The van der Waals surface area contributed by atoms with Crippen molar-refractivity contribution in [2.24, 2.45) is 7.05 Å². The van der Waals surface area contributed by atoms with Crippen molar-refractivity contribution in [2.75, 3.05) is 5.73 Å². The largest absolute Gasteiger partial charge is 0.369 e. The van der Waals surface area contributed by atoms with E-state index in [1.165, 1.54) is 4.57 Å². The van der Waals surface area contributed by atoms with E-state index in [1.54, 1.807) is 13.1 Å². The molecule has 0 spiro atoms. The summed E-state index contributed by atoms with van der Waals surface area (Å²) in [5, 5.41) is 0.590. The standard InChI is InChI=1S/C14H14N4O/c1-17-13(19)11-7-8-18(12(11)16-14(17)15)9-10-5-3-2-4-6-10/h2-8H,9H2,1H3,(H2,15,16). The van der Waals surface area contributed by atoms with Gasteiger partial charge in [-0.25, -0.2) is 0 Å². The molecule has 0 aliphatic rings. The lowest BCUT2D eigenvalue weighted by Crippen LogP contribution is -2.21. The lowest BCUT2D eigenvalue weighted by atomic mass is 10.2. The van der Waals surface area contributed by atoms with Crippen molar-refractivity contribution in [3.8, 4) is 0 Å². The average Bonchev–Trinajstić information content (AvgIpc) is 2.81. The molecule has 3 rings (SSSR count). The maximum Gasteiger partial charge on any atom is 0.264 e. The van der Waals surface area contributed by atoms with Crippen LogP contribution in [-0.2, 0) is 13.6 Å². The van der Waals surface area contributed by atoms with Crippen molar-refractivity contribution in [3.05, 3.63) is 58.5 Å². The summed E-state index contributed by atoms with van der Waals surface area (Å²) in [4.78, 5) is 16.3. The maximum absolute atomic E-state index is 12.0. The lowest BCUT2D eigenvalue weighted by molar-refractivity contribution is 0.809. The first-order valence-corrected chi connectivity index (χ1v) is 6.02. The van der Waals surface area contributed by atoms with Crippen LogP contribution in [0.2, 0.25) is 0 Å². The highest BCUT2D eigenvalue weighted by atomic mass is 16.1. The summed E-state index contributed by atoms with van der Waals surface area (Å²) in [6.45, 7) is 0.671. The number of aromatic nitrogens is 3. The molecular formula is C14H14N4O. The minimum Gasteiger partial charge on any atom is -0.369 e. The highest BCUT2D eigenvalue weighted by molar-refractivity contribution is 5.76. The highest BCUT2D eigenvalue weighted by Crippen LogP contribution is 2.13. The van der Waals surface area contributed by atoms with Gasteiger partial charge in [-0.2, -0.15) is 4.98 Å². The van der Waals surface area contributed by atoms with E-state index < -0.39 is 0 Å². The number of nitrogen functional groups attached to an aromatic ring is 1. The molecule has 0 fully saturated rings. The number of hydrogen-bond donors (Lipinski definition) is 1. The van der Waals surface area contributed by atoms with Crippen molar-refractivity contribution < 1.29 is 0 Å². The van der Waals surface area contributed by atoms with E-state index >= 15 is 0 Å². The summed E-state index contributed by atoms with van der Waals surface area (Å²) >= 11 is 0. The molecule has 0 aliphatic carbocycles. The predicted molar refractivity (Wildman–Crippen MR) is 74.9 cm³/mol. The molecule has 19 heavy (non-hydrogen) atoms. The highest BCUT2D eigenvalue weighted by Gasteiger charge is 2.10. The summed E-state index contributed by atoms with van der Waals surface area (Å²) < 4.78 is 3.29. The molecule has 0 atom stereocenters. The van der Waals surface area contributed by atoms with Gasteiger partial charge in [0, 0.05) is 19.8 Å². The Balaban J connectivity index is 2.14. The van der Waals surface area contributed by atoms with Gasteiger partial charge in [-0.05, 0) is 11.6 Å². The molecule has 5 heteroatoms. The third-order valence-electron chi connectivity index (χ3n) is 3.23. The second-order valence-corrected chi connectivity index (χ2v) is 4.50. The van der Waals surface area contributed by atoms with Gasteiger partial charge in [0.1, 0.15) is 5.65 Å².